The molecular weight excluding hydrogens is 269 g/mol. The number of rotatable bonds is 4. The summed E-state index contributed by atoms with van der Waals surface area (Å²) in [7, 11) is 0. The molecule has 0 radical (unpaired) electrons. The minimum absolute atomic E-state index is 0.522. The number of hydrogen-bond acceptors (Lipinski definition) is 2. The molecule has 0 heterocycles. The Kier molecular flexibility index (Phi) is 4.22. The molecule has 1 rings (SSSR count). The monoisotopic (exact) mass is 277 g/mol. The molecule has 0 fully saturated rings. The lowest BCUT2D eigenvalue weighted by Crippen LogP contribution is -2.00. The summed E-state index contributed by atoms with van der Waals surface area (Å²) in [5, 5.41) is 3.05. The van der Waals surface area contributed by atoms with E-state index in [0.717, 1.165) is 4.47 Å². The third-order valence-corrected chi connectivity index (χ3v) is 2.32. The van der Waals surface area contributed by atoms with E-state index in [1.54, 1.807) is 12.1 Å². The molecule has 1 aromatic carbocycles. The van der Waals surface area contributed by atoms with Crippen molar-refractivity contribution in [2.24, 2.45) is 0 Å². The average molecular weight is 279 g/mol. The molecule has 1 N–H and O–H groups in total. The van der Waals surface area contributed by atoms with Gasteiger partial charge >= 0.3 is 0 Å². The van der Waals surface area contributed by atoms with Gasteiger partial charge in [-0.3, -0.25) is 4.79 Å². The average Bonchev–Trinajstić information content (AvgIpc) is 2.11. The first kappa shape index (κ1) is 11.3. The van der Waals surface area contributed by atoms with E-state index < -0.39 is 0 Å². The summed E-state index contributed by atoms with van der Waals surface area (Å²) in [6, 6.07) is 3.34. The highest BCUT2D eigenvalue weighted by atomic mass is 79.9. The molecule has 0 saturated carbocycles. The lowest BCUT2D eigenvalue weighted by Gasteiger charge is -2.11. The van der Waals surface area contributed by atoms with Crippen molar-refractivity contribution in [2.45, 2.75) is 6.92 Å². The molecule has 0 aromatic heterocycles. The fourth-order valence-electron chi connectivity index (χ4n) is 1.02. The summed E-state index contributed by atoms with van der Waals surface area (Å²) in [6.07, 6.45) is 0.584. The summed E-state index contributed by atoms with van der Waals surface area (Å²) in [4.78, 5) is 10.3. The number of carbonyl (C=O) groups excluding carboxylic acids is 1. The topological polar surface area (TPSA) is 38.3 Å². The Morgan fingerprint density at radius 3 is 2.93 bits per heavy atom. The van der Waals surface area contributed by atoms with Gasteiger partial charge in [0.1, 0.15) is 0 Å². The van der Waals surface area contributed by atoms with Crippen LogP contribution in [-0.4, -0.2) is 13.0 Å². The molecule has 0 atom stereocenters. The summed E-state index contributed by atoms with van der Waals surface area (Å²) in [6.45, 7) is 2.39. The van der Waals surface area contributed by atoms with Gasteiger partial charge in [0.15, 0.2) is 5.75 Å². The Morgan fingerprint density at radius 2 is 2.36 bits per heavy atom. The van der Waals surface area contributed by atoms with Gasteiger partial charge in [-0.05, 0) is 35.0 Å². The van der Waals surface area contributed by atoms with Crippen molar-refractivity contribution in [3.8, 4) is 5.75 Å². The second-order valence-corrected chi connectivity index (χ2v) is 3.75. The molecule has 0 unspecified atom stereocenters. The summed E-state index contributed by atoms with van der Waals surface area (Å²) < 4.78 is 6.07. The molecule has 76 valence electrons. The van der Waals surface area contributed by atoms with Gasteiger partial charge in [0.25, 0.3) is 0 Å². The molecule has 0 spiro atoms. The van der Waals surface area contributed by atoms with Crippen molar-refractivity contribution in [1.82, 2.24) is 0 Å². The van der Waals surface area contributed by atoms with Gasteiger partial charge in [0, 0.05) is 5.02 Å². The standard InChI is InChI=1S/C9H9BrClNO2/c1-2-14-9-7(10)3-6(11)4-8(9)12-5-13/h3-5H,2H2,1H3,(H,12,13). The highest BCUT2D eigenvalue weighted by molar-refractivity contribution is 9.10. The fraction of sp³-hybridized carbons (Fsp3) is 0.222. The normalized spacial score (nSPS) is 9.64. The van der Waals surface area contributed by atoms with E-state index in [-0.39, 0.29) is 0 Å². The van der Waals surface area contributed by atoms with Crippen molar-refractivity contribution in [2.75, 3.05) is 11.9 Å². The van der Waals surface area contributed by atoms with Crippen LogP contribution in [0, 0.1) is 0 Å². The maximum absolute atomic E-state index is 10.3. The first-order chi connectivity index (χ1) is 6.69. The second-order valence-electron chi connectivity index (χ2n) is 2.46. The van der Waals surface area contributed by atoms with E-state index in [9.17, 15) is 4.79 Å². The van der Waals surface area contributed by atoms with Gasteiger partial charge in [0.2, 0.25) is 6.41 Å². The van der Waals surface area contributed by atoms with E-state index >= 15 is 0 Å². The fourth-order valence-corrected chi connectivity index (χ4v) is 1.95. The zero-order valence-electron chi connectivity index (χ0n) is 7.51. The van der Waals surface area contributed by atoms with Crippen LogP contribution in [0.3, 0.4) is 0 Å². The van der Waals surface area contributed by atoms with Crippen LogP contribution < -0.4 is 10.1 Å². The van der Waals surface area contributed by atoms with E-state index in [2.05, 4.69) is 21.2 Å². The molecule has 1 aromatic rings. The molecule has 0 bridgehead atoms. The molecule has 0 aliphatic rings. The Labute approximate surface area is 95.5 Å². The summed E-state index contributed by atoms with van der Waals surface area (Å²) in [5.74, 6) is 0.587. The highest BCUT2D eigenvalue weighted by Crippen LogP contribution is 2.36. The maximum atomic E-state index is 10.3. The Hall–Kier alpha value is -0.740. The van der Waals surface area contributed by atoms with E-state index in [1.807, 2.05) is 6.92 Å². The first-order valence-corrected chi connectivity index (χ1v) is 5.18. The van der Waals surface area contributed by atoms with Gasteiger partial charge < -0.3 is 10.1 Å². The van der Waals surface area contributed by atoms with Crippen LogP contribution in [0.15, 0.2) is 16.6 Å². The van der Waals surface area contributed by atoms with Crippen LogP contribution in [0.25, 0.3) is 0 Å². The van der Waals surface area contributed by atoms with Crippen molar-refractivity contribution in [3.63, 3.8) is 0 Å². The van der Waals surface area contributed by atoms with Crippen LogP contribution >= 0.6 is 27.5 Å². The van der Waals surface area contributed by atoms with Crippen LogP contribution in [0.2, 0.25) is 5.02 Å². The molecular formula is C9H9BrClNO2. The maximum Gasteiger partial charge on any atom is 0.211 e. The van der Waals surface area contributed by atoms with Crippen molar-refractivity contribution in [3.05, 3.63) is 21.6 Å². The predicted molar refractivity (Wildman–Crippen MR) is 60.0 cm³/mol. The van der Waals surface area contributed by atoms with Gasteiger partial charge in [0.05, 0.1) is 16.8 Å². The molecule has 0 aliphatic heterocycles. The quantitative estimate of drug-likeness (QED) is 0.860. The number of nitrogens with one attached hydrogen (secondary N) is 1. The number of halogens is 2. The molecule has 1 amide bonds. The van der Waals surface area contributed by atoms with Crippen LogP contribution in [0.1, 0.15) is 6.92 Å². The molecule has 14 heavy (non-hydrogen) atoms. The molecule has 5 heteroatoms. The predicted octanol–water partition coefficient (Wildman–Crippen LogP) is 3.07. The van der Waals surface area contributed by atoms with E-state index in [0.29, 0.717) is 29.5 Å². The SMILES string of the molecule is CCOc1c(Br)cc(Cl)cc1NC=O. The minimum atomic E-state index is 0.522. The van der Waals surface area contributed by atoms with Crippen LogP contribution in [0.5, 0.6) is 5.75 Å². The van der Waals surface area contributed by atoms with Crippen molar-refractivity contribution in [1.29, 1.82) is 0 Å². The van der Waals surface area contributed by atoms with Gasteiger partial charge in [-0.15, -0.1) is 0 Å². The lowest BCUT2D eigenvalue weighted by atomic mass is 10.3. The van der Waals surface area contributed by atoms with E-state index in [1.165, 1.54) is 0 Å². The largest absolute Gasteiger partial charge is 0.491 e. The Balaban J connectivity index is 3.13. The number of amides is 1. The number of anilines is 1. The highest BCUT2D eigenvalue weighted by Gasteiger charge is 2.09. The molecule has 0 saturated heterocycles. The lowest BCUT2D eigenvalue weighted by molar-refractivity contribution is -0.105. The number of carbonyl (C=O) groups is 1. The second kappa shape index (κ2) is 5.22. The van der Waals surface area contributed by atoms with Gasteiger partial charge in [-0.1, -0.05) is 11.6 Å². The first-order valence-electron chi connectivity index (χ1n) is 4.01. The number of hydrogen-bond donors (Lipinski definition) is 1. The third-order valence-electron chi connectivity index (χ3n) is 1.51. The number of benzene rings is 1. The summed E-state index contributed by atoms with van der Waals surface area (Å²) in [5.41, 5.74) is 0.557. The van der Waals surface area contributed by atoms with Gasteiger partial charge in [-0.2, -0.15) is 0 Å². The smallest absolute Gasteiger partial charge is 0.211 e. The van der Waals surface area contributed by atoms with Crippen LogP contribution in [-0.2, 0) is 4.79 Å². The van der Waals surface area contributed by atoms with E-state index in [4.69, 9.17) is 16.3 Å². The third kappa shape index (κ3) is 2.62. The zero-order valence-corrected chi connectivity index (χ0v) is 9.85. The van der Waals surface area contributed by atoms with Gasteiger partial charge in [-0.25, -0.2) is 0 Å². The molecule has 0 aliphatic carbocycles. The minimum Gasteiger partial charge on any atom is -0.491 e. The zero-order chi connectivity index (χ0) is 10.6. The van der Waals surface area contributed by atoms with Crippen LogP contribution in [0.4, 0.5) is 5.69 Å². The summed E-state index contributed by atoms with van der Waals surface area (Å²) >= 11 is 9.12. The Morgan fingerprint density at radius 1 is 1.64 bits per heavy atom. The molecule has 3 nitrogen and oxygen atoms in total. The Bertz CT molecular complexity index is 344. The van der Waals surface area contributed by atoms with Crippen molar-refractivity contribution >= 4 is 39.6 Å². The van der Waals surface area contributed by atoms with Crippen molar-refractivity contribution < 1.29 is 9.53 Å². The number of ether oxygens (including phenoxy) is 1.